The van der Waals surface area contributed by atoms with Crippen LogP contribution < -0.4 is 14.8 Å². The van der Waals surface area contributed by atoms with Gasteiger partial charge in [0.1, 0.15) is 0 Å². The lowest BCUT2D eigenvalue weighted by Gasteiger charge is -2.30. The molecule has 6 nitrogen and oxygen atoms in total. The number of methoxy groups -OCH3 is 1. The van der Waals surface area contributed by atoms with Crippen LogP contribution in [0.25, 0.3) is 0 Å². The van der Waals surface area contributed by atoms with Crippen molar-refractivity contribution in [3.05, 3.63) is 54.1 Å². The van der Waals surface area contributed by atoms with Crippen molar-refractivity contribution in [2.45, 2.75) is 32.8 Å². The fraction of sp³-hybridized carbons (Fsp3) is 0.391. The van der Waals surface area contributed by atoms with Gasteiger partial charge >= 0.3 is 0 Å². The van der Waals surface area contributed by atoms with Crippen molar-refractivity contribution in [1.82, 2.24) is 4.90 Å². The van der Waals surface area contributed by atoms with Crippen LogP contribution >= 0.6 is 0 Å². The average molecular weight is 396 g/mol. The molecule has 154 valence electrons. The van der Waals surface area contributed by atoms with Crippen molar-refractivity contribution in [3.8, 4) is 11.5 Å². The molecule has 1 aliphatic heterocycles. The van der Waals surface area contributed by atoms with Gasteiger partial charge in [-0.25, -0.2) is 0 Å². The van der Waals surface area contributed by atoms with Crippen LogP contribution in [0.3, 0.4) is 0 Å². The molecule has 2 aromatic carbocycles. The Balaban J connectivity index is 1.63. The number of carbonyl (C=O) groups is 2. The number of rotatable bonds is 6. The van der Waals surface area contributed by atoms with Crippen LogP contribution in [0.1, 0.15) is 37.0 Å². The number of nitrogens with one attached hydrogen (secondary N) is 1. The van der Waals surface area contributed by atoms with E-state index in [-0.39, 0.29) is 11.8 Å². The number of piperidine rings is 1. The molecule has 0 bridgehead atoms. The largest absolute Gasteiger partial charge is 0.493 e. The van der Waals surface area contributed by atoms with Gasteiger partial charge in [0.05, 0.1) is 7.11 Å². The minimum atomic E-state index is -0.728. The molecule has 1 saturated heterocycles. The van der Waals surface area contributed by atoms with E-state index in [2.05, 4.69) is 12.2 Å². The summed E-state index contributed by atoms with van der Waals surface area (Å²) in [6, 6.07) is 14.2. The zero-order valence-corrected chi connectivity index (χ0v) is 17.2. The third kappa shape index (κ3) is 5.28. The molecule has 0 radical (unpaired) electrons. The molecule has 1 N–H and O–H groups in total. The normalized spacial score (nSPS) is 15.5. The second-order valence-corrected chi connectivity index (χ2v) is 7.46. The van der Waals surface area contributed by atoms with Gasteiger partial charge in [0, 0.05) is 24.3 Å². The van der Waals surface area contributed by atoms with Crippen molar-refractivity contribution in [1.29, 1.82) is 0 Å². The molecular weight excluding hydrogens is 368 g/mol. The van der Waals surface area contributed by atoms with E-state index in [9.17, 15) is 9.59 Å². The summed E-state index contributed by atoms with van der Waals surface area (Å²) in [5.74, 6) is 1.43. The van der Waals surface area contributed by atoms with Gasteiger partial charge in [0.2, 0.25) is 0 Å². The molecule has 1 atom stereocenters. The monoisotopic (exact) mass is 396 g/mol. The van der Waals surface area contributed by atoms with Gasteiger partial charge in [0.15, 0.2) is 17.6 Å². The van der Waals surface area contributed by atoms with Gasteiger partial charge in [-0.05, 0) is 56.0 Å². The number of nitrogens with zero attached hydrogens (tertiary/aromatic N) is 1. The standard InChI is InChI=1S/C23H28N2O4/c1-16-11-13-25(14-12-16)23(27)18-7-6-8-19(15-18)24-22(26)17(2)29-21-10-5-4-9-20(21)28-3/h4-10,15-17H,11-14H2,1-3H3,(H,24,26)/t17-/m1/s1. The Morgan fingerprint density at radius 2 is 1.76 bits per heavy atom. The Kier molecular flexibility index (Phi) is 6.75. The molecule has 2 amide bonds. The summed E-state index contributed by atoms with van der Waals surface area (Å²) >= 11 is 0. The Hall–Kier alpha value is -3.02. The maximum Gasteiger partial charge on any atom is 0.265 e. The molecule has 1 heterocycles. The first-order valence-electron chi connectivity index (χ1n) is 9.98. The molecule has 0 aromatic heterocycles. The summed E-state index contributed by atoms with van der Waals surface area (Å²) in [7, 11) is 1.55. The summed E-state index contributed by atoms with van der Waals surface area (Å²) in [4.78, 5) is 27.2. The van der Waals surface area contributed by atoms with E-state index in [1.54, 1.807) is 50.4 Å². The SMILES string of the molecule is COc1ccccc1O[C@H](C)C(=O)Nc1cccc(C(=O)N2CCC(C)CC2)c1. The summed E-state index contributed by atoms with van der Waals surface area (Å²) in [5, 5.41) is 2.83. The number of hydrogen-bond donors (Lipinski definition) is 1. The van der Waals surface area contributed by atoms with Crippen molar-refractivity contribution < 1.29 is 19.1 Å². The van der Waals surface area contributed by atoms with Crippen LogP contribution in [0.4, 0.5) is 5.69 Å². The molecule has 2 aromatic rings. The molecule has 0 spiro atoms. The molecule has 1 aliphatic rings. The molecule has 0 unspecified atom stereocenters. The van der Waals surface area contributed by atoms with Crippen molar-refractivity contribution in [2.75, 3.05) is 25.5 Å². The van der Waals surface area contributed by atoms with Crippen LogP contribution in [-0.4, -0.2) is 43.0 Å². The third-order valence-corrected chi connectivity index (χ3v) is 5.19. The number of para-hydroxylation sites is 2. The van der Waals surface area contributed by atoms with Gasteiger partial charge in [-0.1, -0.05) is 25.1 Å². The summed E-state index contributed by atoms with van der Waals surface area (Å²) in [6.45, 7) is 5.44. The molecule has 0 aliphatic carbocycles. The average Bonchev–Trinajstić information content (AvgIpc) is 2.74. The van der Waals surface area contributed by atoms with Crippen LogP contribution in [0.15, 0.2) is 48.5 Å². The minimum absolute atomic E-state index is 0.00585. The molecule has 0 saturated carbocycles. The summed E-state index contributed by atoms with van der Waals surface area (Å²) in [6.07, 6.45) is 1.33. The Morgan fingerprint density at radius 1 is 1.07 bits per heavy atom. The second kappa shape index (κ2) is 9.45. The number of anilines is 1. The lowest BCUT2D eigenvalue weighted by atomic mass is 9.98. The number of hydrogen-bond acceptors (Lipinski definition) is 4. The Labute approximate surface area is 171 Å². The van der Waals surface area contributed by atoms with Gasteiger partial charge in [-0.3, -0.25) is 9.59 Å². The predicted molar refractivity (Wildman–Crippen MR) is 112 cm³/mol. The zero-order chi connectivity index (χ0) is 20.8. The van der Waals surface area contributed by atoms with E-state index in [1.807, 2.05) is 17.0 Å². The molecular formula is C23H28N2O4. The lowest BCUT2D eigenvalue weighted by molar-refractivity contribution is -0.122. The summed E-state index contributed by atoms with van der Waals surface area (Å²) in [5.41, 5.74) is 1.15. The molecule has 3 rings (SSSR count). The highest BCUT2D eigenvalue weighted by Gasteiger charge is 2.22. The maximum atomic E-state index is 12.8. The second-order valence-electron chi connectivity index (χ2n) is 7.46. The highest BCUT2D eigenvalue weighted by molar-refractivity contribution is 5.98. The first-order chi connectivity index (χ1) is 14.0. The molecule has 6 heteroatoms. The highest BCUT2D eigenvalue weighted by atomic mass is 16.5. The number of amides is 2. The van der Waals surface area contributed by atoms with Crippen molar-refractivity contribution in [2.24, 2.45) is 5.92 Å². The Morgan fingerprint density at radius 3 is 2.45 bits per heavy atom. The Bertz CT molecular complexity index is 859. The zero-order valence-electron chi connectivity index (χ0n) is 17.2. The fourth-order valence-electron chi connectivity index (χ4n) is 3.33. The first-order valence-corrected chi connectivity index (χ1v) is 9.98. The molecule has 1 fully saturated rings. The number of ether oxygens (including phenoxy) is 2. The van der Waals surface area contributed by atoms with Crippen molar-refractivity contribution in [3.63, 3.8) is 0 Å². The van der Waals surface area contributed by atoms with Gasteiger partial charge in [-0.2, -0.15) is 0 Å². The van der Waals surface area contributed by atoms with Gasteiger partial charge < -0.3 is 19.7 Å². The number of likely N-dealkylation sites (tertiary alicyclic amines) is 1. The quantitative estimate of drug-likeness (QED) is 0.802. The van der Waals surface area contributed by atoms with Gasteiger partial charge in [0.25, 0.3) is 11.8 Å². The van der Waals surface area contributed by atoms with Crippen molar-refractivity contribution >= 4 is 17.5 Å². The third-order valence-electron chi connectivity index (χ3n) is 5.19. The van der Waals surface area contributed by atoms with E-state index in [4.69, 9.17) is 9.47 Å². The highest BCUT2D eigenvalue weighted by Crippen LogP contribution is 2.27. The first kappa shape index (κ1) is 20.7. The number of carbonyl (C=O) groups excluding carboxylic acids is 2. The van der Waals surface area contributed by atoms with Crippen LogP contribution in [0.2, 0.25) is 0 Å². The molecule has 29 heavy (non-hydrogen) atoms. The van der Waals surface area contributed by atoms with Crippen LogP contribution in [0.5, 0.6) is 11.5 Å². The van der Waals surface area contributed by atoms with Crippen LogP contribution in [-0.2, 0) is 4.79 Å². The minimum Gasteiger partial charge on any atom is -0.493 e. The van der Waals surface area contributed by atoms with E-state index < -0.39 is 6.10 Å². The van der Waals surface area contributed by atoms with Crippen LogP contribution in [0, 0.1) is 5.92 Å². The summed E-state index contributed by atoms with van der Waals surface area (Å²) < 4.78 is 11.0. The van der Waals surface area contributed by atoms with Gasteiger partial charge in [-0.15, -0.1) is 0 Å². The topological polar surface area (TPSA) is 67.9 Å². The van der Waals surface area contributed by atoms with E-state index in [0.29, 0.717) is 28.7 Å². The predicted octanol–water partition coefficient (Wildman–Crippen LogP) is 3.97. The fourth-order valence-corrected chi connectivity index (χ4v) is 3.33. The maximum absolute atomic E-state index is 12.8. The van der Waals surface area contributed by atoms with E-state index in [0.717, 1.165) is 25.9 Å². The lowest BCUT2D eigenvalue weighted by Crippen LogP contribution is -2.38. The smallest absolute Gasteiger partial charge is 0.265 e. The number of benzene rings is 2. The van der Waals surface area contributed by atoms with E-state index >= 15 is 0 Å². The van der Waals surface area contributed by atoms with E-state index in [1.165, 1.54) is 0 Å².